The second-order valence-corrected chi connectivity index (χ2v) is 6.97. The number of ether oxygens (including phenoxy) is 1. The van der Waals surface area contributed by atoms with Crippen molar-refractivity contribution in [2.45, 2.75) is 26.0 Å². The van der Waals surface area contributed by atoms with Crippen LogP contribution in [0.15, 0.2) is 77.4 Å². The van der Waals surface area contributed by atoms with Crippen molar-refractivity contribution in [1.82, 2.24) is 4.90 Å². The van der Waals surface area contributed by atoms with E-state index < -0.39 is 23.4 Å². The summed E-state index contributed by atoms with van der Waals surface area (Å²) in [7, 11) is 0. The summed E-state index contributed by atoms with van der Waals surface area (Å²) in [5.74, 6) is -1.54. The van der Waals surface area contributed by atoms with Crippen molar-refractivity contribution < 1.29 is 19.1 Å². The van der Waals surface area contributed by atoms with E-state index in [0.29, 0.717) is 11.1 Å². The van der Waals surface area contributed by atoms with Crippen molar-refractivity contribution in [2.24, 2.45) is 0 Å². The Balaban J connectivity index is 1.85. The lowest BCUT2D eigenvalue weighted by atomic mass is 9.86. The molecule has 1 fully saturated rings. The number of esters is 1. The van der Waals surface area contributed by atoms with E-state index in [9.17, 15) is 14.4 Å². The zero-order valence-electron chi connectivity index (χ0n) is 15.6. The average Bonchev–Trinajstić information content (AvgIpc) is 3.05. The summed E-state index contributed by atoms with van der Waals surface area (Å²) in [6.45, 7) is 3.41. The third-order valence-electron chi connectivity index (χ3n) is 5.34. The number of amides is 2. The molecule has 28 heavy (non-hydrogen) atoms. The van der Waals surface area contributed by atoms with Crippen LogP contribution in [0, 0.1) is 0 Å². The van der Waals surface area contributed by atoms with Crippen LogP contribution in [0.2, 0.25) is 0 Å². The second kappa shape index (κ2) is 6.60. The van der Waals surface area contributed by atoms with Gasteiger partial charge in [-0.1, -0.05) is 60.7 Å². The van der Waals surface area contributed by atoms with Crippen molar-refractivity contribution in [3.63, 3.8) is 0 Å². The molecule has 2 aliphatic heterocycles. The number of imide groups is 1. The molecule has 2 aromatic rings. The van der Waals surface area contributed by atoms with Crippen molar-refractivity contribution >= 4 is 23.9 Å². The highest BCUT2D eigenvalue weighted by Crippen LogP contribution is 2.45. The van der Waals surface area contributed by atoms with Gasteiger partial charge < -0.3 is 4.74 Å². The third-order valence-corrected chi connectivity index (χ3v) is 5.34. The Hall–Kier alpha value is -3.47. The van der Waals surface area contributed by atoms with Crippen molar-refractivity contribution in [1.29, 1.82) is 0 Å². The molecule has 2 heterocycles. The number of hydrogen-bond acceptors (Lipinski definition) is 4. The monoisotopic (exact) mass is 373 g/mol. The number of rotatable bonds is 3. The highest BCUT2D eigenvalue weighted by molar-refractivity contribution is 6.24. The highest BCUT2D eigenvalue weighted by Gasteiger charge is 2.63. The predicted octanol–water partition coefficient (Wildman–Crippen LogP) is 3.27. The van der Waals surface area contributed by atoms with Crippen LogP contribution in [-0.2, 0) is 25.7 Å². The van der Waals surface area contributed by atoms with Gasteiger partial charge in [-0.3, -0.25) is 14.5 Å². The first-order chi connectivity index (χ1) is 13.4. The minimum absolute atomic E-state index is 0.121. The van der Waals surface area contributed by atoms with Crippen LogP contribution in [0.4, 0.5) is 0 Å². The fraction of sp³-hybridized carbons (Fsp3) is 0.174. The van der Waals surface area contributed by atoms with Gasteiger partial charge >= 0.3 is 5.97 Å². The smallest absolute Gasteiger partial charge is 0.335 e. The molecule has 2 aliphatic rings. The van der Waals surface area contributed by atoms with Crippen LogP contribution in [0.1, 0.15) is 25.0 Å². The Morgan fingerprint density at radius 1 is 0.929 bits per heavy atom. The molecule has 0 radical (unpaired) electrons. The Kier molecular flexibility index (Phi) is 4.23. The molecule has 0 N–H and O–H groups in total. The molecule has 1 atom stereocenters. The Labute approximate surface area is 162 Å². The number of carbonyl (C=O) groups excluding carboxylic acids is 3. The Morgan fingerprint density at radius 2 is 1.54 bits per heavy atom. The van der Waals surface area contributed by atoms with Crippen molar-refractivity contribution in [2.75, 3.05) is 0 Å². The molecule has 2 amide bonds. The summed E-state index contributed by atoms with van der Waals surface area (Å²) < 4.78 is 5.58. The van der Waals surface area contributed by atoms with Gasteiger partial charge in [-0.05, 0) is 36.6 Å². The maximum Gasteiger partial charge on any atom is 0.335 e. The molecule has 140 valence electrons. The van der Waals surface area contributed by atoms with Crippen LogP contribution in [0.25, 0.3) is 6.08 Å². The molecule has 0 saturated carbocycles. The standard InChI is InChI=1S/C23H19NO4/c1-15-16(2)23(28-21(15)26)19(13-17-9-5-3-6-10-17)20(25)24(22(23)27)14-18-11-7-4-8-12-18/h3-13H,14H2,1-2H3/b19-13-. The average molecular weight is 373 g/mol. The van der Waals surface area contributed by atoms with E-state index in [-0.39, 0.29) is 12.1 Å². The van der Waals surface area contributed by atoms with Crippen molar-refractivity contribution in [3.8, 4) is 0 Å². The summed E-state index contributed by atoms with van der Waals surface area (Å²) in [5.41, 5.74) is 0.900. The zero-order chi connectivity index (χ0) is 19.9. The van der Waals surface area contributed by atoms with Gasteiger partial charge in [0.15, 0.2) is 0 Å². The molecule has 0 bridgehead atoms. The van der Waals surface area contributed by atoms with E-state index in [4.69, 9.17) is 4.74 Å². The van der Waals surface area contributed by atoms with Crippen LogP contribution in [0.3, 0.4) is 0 Å². The van der Waals surface area contributed by atoms with Crippen LogP contribution in [-0.4, -0.2) is 28.3 Å². The van der Waals surface area contributed by atoms with Gasteiger partial charge in [0.25, 0.3) is 11.8 Å². The Bertz CT molecular complexity index is 1040. The van der Waals surface area contributed by atoms with Crippen LogP contribution in [0.5, 0.6) is 0 Å². The Morgan fingerprint density at radius 3 is 2.11 bits per heavy atom. The van der Waals surface area contributed by atoms with E-state index in [1.54, 1.807) is 19.9 Å². The summed E-state index contributed by atoms with van der Waals surface area (Å²) in [5, 5.41) is 0. The molecular weight excluding hydrogens is 354 g/mol. The topological polar surface area (TPSA) is 63.7 Å². The largest absolute Gasteiger partial charge is 0.436 e. The fourth-order valence-corrected chi connectivity index (χ4v) is 3.65. The SMILES string of the molecule is CC1=C(C)C2(OC1=O)C(=O)N(Cc1ccccc1)C(=O)/C2=C/c1ccccc1. The van der Waals surface area contributed by atoms with Gasteiger partial charge in [0, 0.05) is 5.57 Å². The van der Waals surface area contributed by atoms with Crippen LogP contribution < -0.4 is 0 Å². The summed E-state index contributed by atoms with van der Waals surface area (Å²) in [6, 6.07) is 18.5. The maximum atomic E-state index is 13.4. The molecule has 1 unspecified atom stereocenters. The van der Waals surface area contributed by atoms with Crippen LogP contribution >= 0.6 is 0 Å². The van der Waals surface area contributed by atoms with Gasteiger partial charge in [-0.15, -0.1) is 0 Å². The molecular formula is C23H19NO4. The lowest BCUT2D eigenvalue weighted by molar-refractivity contribution is -0.156. The number of hydrogen-bond donors (Lipinski definition) is 0. The van der Waals surface area contributed by atoms with E-state index in [0.717, 1.165) is 11.1 Å². The van der Waals surface area contributed by atoms with Gasteiger partial charge in [-0.25, -0.2) is 4.79 Å². The minimum atomic E-state index is -1.68. The molecule has 0 aromatic heterocycles. The normalized spacial score (nSPS) is 23.3. The number of nitrogens with zero attached hydrogens (tertiary/aromatic N) is 1. The fourth-order valence-electron chi connectivity index (χ4n) is 3.65. The molecule has 1 spiro atoms. The molecule has 0 aliphatic carbocycles. The molecule has 1 saturated heterocycles. The maximum absolute atomic E-state index is 13.4. The van der Waals surface area contributed by atoms with E-state index in [1.165, 1.54) is 4.90 Å². The second-order valence-electron chi connectivity index (χ2n) is 6.97. The van der Waals surface area contributed by atoms with Gasteiger partial charge in [-0.2, -0.15) is 0 Å². The van der Waals surface area contributed by atoms with E-state index in [2.05, 4.69) is 0 Å². The van der Waals surface area contributed by atoms with Gasteiger partial charge in [0.2, 0.25) is 5.60 Å². The number of likely N-dealkylation sites (tertiary alicyclic amines) is 1. The number of carbonyl (C=O) groups is 3. The lowest BCUT2D eigenvalue weighted by Gasteiger charge is -2.23. The first-order valence-electron chi connectivity index (χ1n) is 9.04. The summed E-state index contributed by atoms with van der Waals surface area (Å²) in [4.78, 5) is 40.1. The minimum Gasteiger partial charge on any atom is -0.436 e. The number of benzene rings is 2. The highest BCUT2D eigenvalue weighted by atomic mass is 16.6. The molecule has 2 aromatic carbocycles. The molecule has 4 rings (SSSR count). The van der Waals surface area contributed by atoms with E-state index >= 15 is 0 Å². The first-order valence-corrected chi connectivity index (χ1v) is 9.04. The zero-order valence-corrected chi connectivity index (χ0v) is 15.6. The third kappa shape index (κ3) is 2.59. The lowest BCUT2D eigenvalue weighted by Crippen LogP contribution is -2.42. The summed E-state index contributed by atoms with van der Waals surface area (Å²) in [6.07, 6.45) is 1.64. The van der Waals surface area contributed by atoms with Gasteiger partial charge in [0.1, 0.15) is 0 Å². The summed E-state index contributed by atoms with van der Waals surface area (Å²) >= 11 is 0. The predicted molar refractivity (Wildman–Crippen MR) is 104 cm³/mol. The van der Waals surface area contributed by atoms with Gasteiger partial charge in [0.05, 0.1) is 12.1 Å². The quantitative estimate of drug-likeness (QED) is 0.471. The van der Waals surface area contributed by atoms with E-state index in [1.807, 2.05) is 60.7 Å². The van der Waals surface area contributed by atoms with Crippen molar-refractivity contribution in [3.05, 3.63) is 88.5 Å². The first kappa shape index (κ1) is 17.9. The molecule has 5 heteroatoms. The molecule has 5 nitrogen and oxygen atoms in total.